The smallest absolute Gasteiger partial charge is 0.320 e. The van der Waals surface area contributed by atoms with Crippen LogP contribution in [0, 0.1) is 17.8 Å². The average Bonchev–Trinajstić information content (AvgIpc) is 3.31. The number of carbonyl (C=O) groups is 2. The van der Waals surface area contributed by atoms with Crippen molar-refractivity contribution in [2.24, 2.45) is 17.8 Å². The Morgan fingerprint density at radius 3 is 2.75 bits per heavy atom. The van der Waals surface area contributed by atoms with Gasteiger partial charge in [-0.05, 0) is 56.4 Å². The van der Waals surface area contributed by atoms with Crippen molar-refractivity contribution >= 4 is 23.7 Å². The molecule has 0 spiro atoms. The number of nitrogens with zero attached hydrogens (tertiary/aromatic N) is 3. The van der Waals surface area contributed by atoms with Gasteiger partial charge in [0, 0.05) is 18.3 Å². The number of fused-ring (bicyclic) bond motifs is 1. The minimum atomic E-state index is -0.765. The maximum absolute atomic E-state index is 11.8. The summed E-state index contributed by atoms with van der Waals surface area (Å²) in [5, 5.41) is 29.7. The second-order valence-electron chi connectivity index (χ2n) is 8.31. The maximum Gasteiger partial charge on any atom is 0.320 e. The molecule has 9 nitrogen and oxygen atoms in total. The summed E-state index contributed by atoms with van der Waals surface area (Å²) in [6.07, 6.45) is 5.93. The molecular weight excluding hydrogens is 382 g/mol. The number of likely N-dealkylation sites (tertiary alicyclic amines) is 1. The summed E-state index contributed by atoms with van der Waals surface area (Å²) in [6, 6.07) is -0.904. The lowest BCUT2D eigenvalue weighted by atomic mass is 9.69. The number of rotatable bonds is 6. The molecule has 1 aliphatic carbocycles. The van der Waals surface area contributed by atoms with E-state index in [1.165, 1.54) is 6.33 Å². The molecule has 0 amide bonds. The first kappa shape index (κ1) is 19.7. The molecule has 0 bridgehead atoms. The van der Waals surface area contributed by atoms with E-state index >= 15 is 0 Å². The van der Waals surface area contributed by atoms with Crippen LogP contribution >= 0.6 is 11.8 Å². The van der Waals surface area contributed by atoms with Gasteiger partial charge in [-0.3, -0.25) is 19.6 Å². The minimum Gasteiger partial charge on any atom is -0.480 e. The second-order valence-corrected chi connectivity index (χ2v) is 9.60. The van der Waals surface area contributed by atoms with E-state index in [1.54, 1.807) is 11.8 Å². The quantitative estimate of drug-likeness (QED) is 0.541. The number of aromatic amines is 1. The highest BCUT2D eigenvalue weighted by Crippen LogP contribution is 2.40. The molecule has 154 valence electrons. The van der Waals surface area contributed by atoms with Gasteiger partial charge in [0.2, 0.25) is 0 Å². The van der Waals surface area contributed by atoms with Gasteiger partial charge in [-0.2, -0.15) is 5.10 Å². The molecule has 3 aliphatic rings. The van der Waals surface area contributed by atoms with Crippen molar-refractivity contribution in [3.63, 3.8) is 0 Å². The molecule has 10 heteroatoms. The van der Waals surface area contributed by atoms with Crippen LogP contribution in [-0.4, -0.2) is 79.2 Å². The molecule has 1 saturated carbocycles. The fraction of sp³-hybridized carbons (Fsp3) is 0.778. The van der Waals surface area contributed by atoms with Gasteiger partial charge in [0.15, 0.2) is 5.16 Å². The van der Waals surface area contributed by atoms with Crippen LogP contribution in [0.4, 0.5) is 0 Å². The third kappa shape index (κ3) is 4.33. The zero-order chi connectivity index (χ0) is 19.7. The standard InChI is InChI=1S/C18H27N5O4S/c24-16(25)14-4-12-3-10(1-2-11(12)6-19-14)7-23-8-13(5-15(23)17(26)27)28-18-20-9-21-22-18/h9-15,19H,1-8H2,(H,24,25)(H,26,27)(H,20,21,22)/t10-,11-,12+,13+,14-,15-/m0/s1. The molecule has 1 aromatic heterocycles. The molecule has 0 aromatic carbocycles. The number of carboxylic acid groups (broad SMARTS) is 2. The van der Waals surface area contributed by atoms with Crippen LogP contribution in [0.1, 0.15) is 32.1 Å². The van der Waals surface area contributed by atoms with Crippen LogP contribution in [0.25, 0.3) is 0 Å². The van der Waals surface area contributed by atoms with E-state index in [0.29, 0.717) is 30.6 Å². The average molecular weight is 410 g/mol. The number of H-pyrrole nitrogens is 1. The summed E-state index contributed by atoms with van der Waals surface area (Å²) < 4.78 is 0. The lowest BCUT2D eigenvalue weighted by Crippen LogP contribution is -2.50. The van der Waals surface area contributed by atoms with Crippen molar-refractivity contribution in [1.82, 2.24) is 25.4 Å². The molecule has 6 atom stereocenters. The fourth-order valence-electron chi connectivity index (χ4n) is 5.16. The van der Waals surface area contributed by atoms with Crippen molar-refractivity contribution < 1.29 is 19.8 Å². The Labute approximate surface area is 167 Å². The number of hydrogen-bond donors (Lipinski definition) is 4. The highest BCUT2D eigenvalue weighted by atomic mass is 32.2. The largest absolute Gasteiger partial charge is 0.480 e. The molecule has 4 rings (SSSR count). The summed E-state index contributed by atoms with van der Waals surface area (Å²) in [4.78, 5) is 29.4. The second kappa shape index (κ2) is 8.38. The van der Waals surface area contributed by atoms with Crippen molar-refractivity contribution in [1.29, 1.82) is 0 Å². The van der Waals surface area contributed by atoms with E-state index in [1.807, 2.05) is 0 Å². The van der Waals surface area contributed by atoms with Gasteiger partial charge in [-0.25, -0.2) is 4.98 Å². The van der Waals surface area contributed by atoms with Crippen molar-refractivity contribution in [3.8, 4) is 0 Å². The van der Waals surface area contributed by atoms with E-state index in [4.69, 9.17) is 0 Å². The molecule has 28 heavy (non-hydrogen) atoms. The zero-order valence-corrected chi connectivity index (χ0v) is 16.5. The Hall–Kier alpha value is -1.65. The molecule has 0 radical (unpaired) electrons. The van der Waals surface area contributed by atoms with Crippen LogP contribution in [0.5, 0.6) is 0 Å². The monoisotopic (exact) mass is 409 g/mol. The lowest BCUT2D eigenvalue weighted by Gasteiger charge is -2.42. The topological polar surface area (TPSA) is 131 Å². The normalized spacial score (nSPS) is 36.1. The third-order valence-electron chi connectivity index (χ3n) is 6.53. The first-order valence-electron chi connectivity index (χ1n) is 9.94. The number of aromatic nitrogens is 3. The number of piperidine rings is 1. The number of nitrogens with one attached hydrogen (secondary N) is 2. The third-order valence-corrected chi connectivity index (χ3v) is 7.62. The summed E-state index contributed by atoms with van der Waals surface area (Å²) in [7, 11) is 0. The predicted octanol–water partition coefficient (Wildman–Crippen LogP) is 0.903. The Morgan fingerprint density at radius 2 is 2.04 bits per heavy atom. The molecule has 2 aliphatic heterocycles. The van der Waals surface area contributed by atoms with E-state index in [2.05, 4.69) is 25.4 Å². The number of hydrogen-bond acceptors (Lipinski definition) is 7. The van der Waals surface area contributed by atoms with Crippen LogP contribution in [0.15, 0.2) is 11.5 Å². The zero-order valence-electron chi connectivity index (χ0n) is 15.7. The molecule has 3 heterocycles. The summed E-state index contributed by atoms with van der Waals surface area (Å²) in [6.45, 7) is 2.29. The first-order valence-corrected chi connectivity index (χ1v) is 10.8. The van der Waals surface area contributed by atoms with Gasteiger partial charge >= 0.3 is 11.9 Å². The molecule has 2 saturated heterocycles. The van der Waals surface area contributed by atoms with Crippen molar-refractivity contribution in [2.75, 3.05) is 19.6 Å². The van der Waals surface area contributed by atoms with Gasteiger partial charge in [-0.1, -0.05) is 11.8 Å². The van der Waals surface area contributed by atoms with Gasteiger partial charge in [0.25, 0.3) is 0 Å². The Bertz CT molecular complexity index is 702. The summed E-state index contributed by atoms with van der Waals surface area (Å²) >= 11 is 1.56. The maximum atomic E-state index is 11.8. The van der Waals surface area contributed by atoms with Gasteiger partial charge in [-0.15, -0.1) is 0 Å². The fourth-order valence-corrected chi connectivity index (χ4v) is 6.23. The molecule has 0 unspecified atom stereocenters. The van der Waals surface area contributed by atoms with Crippen LogP contribution in [0.2, 0.25) is 0 Å². The minimum absolute atomic E-state index is 0.181. The Morgan fingerprint density at radius 1 is 1.18 bits per heavy atom. The van der Waals surface area contributed by atoms with E-state index in [-0.39, 0.29) is 5.25 Å². The molecule has 1 aromatic rings. The van der Waals surface area contributed by atoms with E-state index < -0.39 is 24.0 Å². The summed E-state index contributed by atoms with van der Waals surface area (Å²) in [5.74, 6) is -0.119. The highest BCUT2D eigenvalue weighted by molar-refractivity contribution is 7.99. The van der Waals surface area contributed by atoms with Crippen LogP contribution < -0.4 is 5.32 Å². The first-order chi connectivity index (χ1) is 13.5. The lowest BCUT2D eigenvalue weighted by molar-refractivity contribution is -0.143. The van der Waals surface area contributed by atoms with Gasteiger partial charge in [0.05, 0.1) is 0 Å². The Kier molecular flexibility index (Phi) is 5.88. The SMILES string of the molecule is O=C(O)[C@@H]1C[C@H]2C[C@@H](CN3C[C@H](Sc4ncn[nH]4)C[C@H]3C(=O)O)CC[C@H]2CN1. The predicted molar refractivity (Wildman–Crippen MR) is 102 cm³/mol. The van der Waals surface area contributed by atoms with Gasteiger partial charge < -0.3 is 15.5 Å². The highest BCUT2D eigenvalue weighted by Gasteiger charge is 2.42. The van der Waals surface area contributed by atoms with Gasteiger partial charge in [0.1, 0.15) is 18.4 Å². The number of carboxylic acids is 2. The number of aliphatic carboxylic acids is 2. The molecule has 4 N–H and O–H groups in total. The number of thioether (sulfide) groups is 1. The van der Waals surface area contributed by atoms with Crippen LogP contribution in [-0.2, 0) is 9.59 Å². The van der Waals surface area contributed by atoms with Crippen LogP contribution in [0.3, 0.4) is 0 Å². The molecule has 3 fully saturated rings. The molecular formula is C18H27N5O4S. The van der Waals surface area contributed by atoms with E-state index in [9.17, 15) is 19.8 Å². The summed E-state index contributed by atoms with van der Waals surface area (Å²) in [5.41, 5.74) is 0. The van der Waals surface area contributed by atoms with Crippen molar-refractivity contribution in [3.05, 3.63) is 6.33 Å². The Balaban J connectivity index is 1.35. The van der Waals surface area contributed by atoms with E-state index in [0.717, 1.165) is 44.1 Å². The van der Waals surface area contributed by atoms with Crippen molar-refractivity contribution in [2.45, 2.75) is 54.6 Å².